The molecule has 0 unspecified atom stereocenters. The summed E-state index contributed by atoms with van der Waals surface area (Å²) in [5, 5.41) is 0. The quantitative estimate of drug-likeness (QED) is 0.909. The predicted octanol–water partition coefficient (Wildman–Crippen LogP) is 2.11. The van der Waals surface area contributed by atoms with Crippen LogP contribution in [0.15, 0.2) is 36.5 Å². The third-order valence-electron chi connectivity index (χ3n) is 2.89. The van der Waals surface area contributed by atoms with E-state index in [2.05, 4.69) is 4.98 Å². The van der Waals surface area contributed by atoms with Crippen molar-refractivity contribution in [3.63, 3.8) is 0 Å². The molecule has 0 radical (unpaired) electrons. The van der Waals surface area contributed by atoms with Crippen molar-refractivity contribution in [2.75, 3.05) is 12.5 Å². The first-order chi connectivity index (χ1) is 9.33. The zero-order chi connectivity index (χ0) is 13.1. The molecule has 0 fully saturated rings. The fourth-order valence-corrected chi connectivity index (χ4v) is 1.88. The average molecular weight is 258 g/mol. The molecule has 1 aliphatic rings. The van der Waals surface area contributed by atoms with E-state index in [9.17, 15) is 0 Å². The summed E-state index contributed by atoms with van der Waals surface area (Å²) < 4.78 is 16.2. The van der Waals surface area contributed by atoms with Crippen LogP contribution in [-0.4, -0.2) is 11.8 Å². The number of anilines is 1. The summed E-state index contributed by atoms with van der Waals surface area (Å²) in [6, 6.07) is 9.52. The van der Waals surface area contributed by atoms with Gasteiger partial charge in [-0.25, -0.2) is 4.98 Å². The number of aromatic nitrogens is 1. The van der Waals surface area contributed by atoms with Crippen LogP contribution in [0.3, 0.4) is 0 Å². The van der Waals surface area contributed by atoms with Crippen molar-refractivity contribution < 1.29 is 14.2 Å². The van der Waals surface area contributed by atoms with Crippen molar-refractivity contribution in [1.29, 1.82) is 0 Å². The Labute approximate surface area is 110 Å². The first kappa shape index (κ1) is 11.8. The third-order valence-corrected chi connectivity index (χ3v) is 2.89. The molecule has 1 aromatic carbocycles. The van der Waals surface area contributed by atoms with Gasteiger partial charge in [0.2, 0.25) is 6.79 Å². The molecular weight excluding hydrogens is 244 g/mol. The molecule has 0 saturated carbocycles. The molecule has 0 aliphatic carbocycles. The molecule has 19 heavy (non-hydrogen) atoms. The highest BCUT2D eigenvalue weighted by molar-refractivity contribution is 5.44. The molecule has 98 valence electrons. The van der Waals surface area contributed by atoms with Gasteiger partial charge in [0.15, 0.2) is 11.5 Å². The van der Waals surface area contributed by atoms with E-state index < -0.39 is 0 Å². The smallest absolute Gasteiger partial charge is 0.231 e. The molecule has 2 aromatic rings. The van der Waals surface area contributed by atoms with Gasteiger partial charge in [-0.05, 0) is 23.8 Å². The van der Waals surface area contributed by atoms with E-state index in [4.69, 9.17) is 19.9 Å². The second-order valence-corrected chi connectivity index (χ2v) is 4.23. The van der Waals surface area contributed by atoms with E-state index in [0.717, 1.165) is 22.6 Å². The Morgan fingerprint density at radius 2 is 2.05 bits per heavy atom. The highest BCUT2D eigenvalue weighted by Gasteiger charge is 2.13. The third kappa shape index (κ3) is 2.61. The second kappa shape index (κ2) is 5.16. The summed E-state index contributed by atoms with van der Waals surface area (Å²) >= 11 is 0. The fourth-order valence-electron chi connectivity index (χ4n) is 1.88. The number of hydrogen-bond donors (Lipinski definition) is 1. The first-order valence-corrected chi connectivity index (χ1v) is 5.98. The minimum Gasteiger partial charge on any atom is -0.454 e. The molecule has 0 atom stereocenters. The van der Waals surface area contributed by atoms with E-state index in [0.29, 0.717) is 19.0 Å². The number of hydrogen-bond acceptors (Lipinski definition) is 5. The molecule has 3 rings (SSSR count). The molecule has 1 aromatic heterocycles. The molecule has 0 bridgehead atoms. The summed E-state index contributed by atoms with van der Waals surface area (Å²) in [6.45, 7) is 1.21. The summed E-state index contributed by atoms with van der Waals surface area (Å²) in [5.41, 5.74) is 7.67. The van der Waals surface area contributed by atoms with Gasteiger partial charge in [0.1, 0.15) is 5.82 Å². The van der Waals surface area contributed by atoms with Crippen molar-refractivity contribution in [2.24, 2.45) is 0 Å². The van der Waals surface area contributed by atoms with Gasteiger partial charge >= 0.3 is 0 Å². The summed E-state index contributed by atoms with van der Waals surface area (Å²) in [7, 11) is 0. The van der Waals surface area contributed by atoms with Crippen LogP contribution in [0.2, 0.25) is 0 Å². The topological polar surface area (TPSA) is 66.6 Å². The summed E-state index contributed by atoms with van der Waals surface area (Å²) in [5.74, 6) is 2.05. The Kier molecular flexibility index (Phi) is 3.20. The first-order valence-electron chi connectivity index (χ1n) is 5.98. The van der Waals surface area contributed by atoms with Crippen LogP contribution in [0.25, 0.3) is 0 Å². The van der Waals surface area contributed by atoms with Crippen LogP contribution in [0.1, 0.15) is 11.1 Å². The highest BCUT2D eigenvalue weighted by atomic mass is 16.7. The molecule has 2 heterocycles. The van der Waals surface area contributed by atoms with Gasteiger partial charge in [0.05, 0.1) is 13.2 Å². The maximum atomic E-state index is 5.75. The number of nitrogens with zero attached hydrogens (tertiary/aromatic N) is 1. The minimum atomic E-state index is 0.284. The van der Waals surface area contributed by atoms with Gasteiger partial charge in [0, 0.05) is 11.8 Å². The Hall–Kier alpha value is -2.27. The number of rotatable bonds is 4. The van der Waals surface area contributed by atoms with E-state index in [-0.39, 0.29) is 6.79 Å². The van der Waals surface area contributed by atoms with Gasteiger partial charge in [-0.15, -0.1) is 0 Å². The van der Waals surface area contributed by atoms with Crippen LogP contribution in [0, 0.1) is 0 Å². The van der Waals surface area contributed by atoms with E-state index in [1.807, 2.05) is 30.3 Å². The Bertz CT molecular complexity index is 587. The molecule has 2 N–H and O–H groups in total. The van der Waals surface area contributed by atoms with Gasteiger partial charge in [-0.2, -0.15) is 0 Å². The van der Waals surface area contributed by atoms with Crippen LogP contribution in [0.4, 0.5) is 5.82 Å². The SMILES string of the molecule is Nc1ncccc1COCc1ccc2c(c1)OCO2. The van der Waals surface area contributed by atoms with E-state index >= 15 is 0 Å². The number of pyridine rings is 1. The highest BCUT2D eigenvalue weighted by Crippen LogP contribution is 2.32. The predicted molar refractivity (Wildman–Crippen MR) is 69.7 cm³/mol. The lowest BCUT2D eigenvalue weighted by Gasteiger charge is -2.07. The lowest BCUT2D eigenvalue weighted by molar-refractivity contribution is 0.107. The Morgan fingerprint density at radius 1 is 1.16 bits per heavy atom. The van der Waals surface area contributed by atoms with Crippen LogP contribution < -0.4 is 15.2 Å². The molecule has 0 saturated heterocycles. The number of fused-ring (bicyclic) bond motifs is 1. The minimum absolute atomic E-state index is 0.284. The standard InChI is InChI=1S/C14H14N2O3/c15-14-11(2-1-5-16-14)8-17-7-10-3-4-12-13(6-10)19-9-18-12/h1-6H,7-9H2,(H2,15,16). The lowest BCUT2D eigenvalue weighted by Crippen LogP contribution is -2.00. The maximum Gasteiger partial charge on any atom is 0.231 e. The zero-order valence-electron chi connectivity index (χ0n) is 10.3. The molecule has 0 spiro atoms. The lowest BCUT2D eigenvalue weighted by atomic mass is 10.2. The normalized spacial score (nSPS) is 12.6. The zero-order valence-corrected chi connectivity index (χ0v) is 10.3. The van der Waals surface area contributed by atoms with Crippen LogP contribution in [-0.2, 0) is 18.0 Å². The molecule has 5 nitrogen and oxygen atoms in total. The van der Waals surface area contributed by atoms with Crippen molar-refractivity contribution in [1.82, 2.24) is 4.98 Å². The molecule has 5 heteroatoms. The van der Waals surface area contributed by atoms with Crippen molar-refractivity contribution in [3.8, 4) is 11.5 Å². The number of nitrogens with two attached hydrogens (primary N) is 1. The van der Waals surface area contributed by atoms with Gasteiger partial charge < -0.3 is 19.9 Å². The van der Waals surface area contributed by atoms with Crippen molar-refractivity contribution in [2.45, 2.75) is 13.2 Å². The fraction of sp³-hybridized carbons (Fsp3) is 0.214. The Balaban J connectivity index is 1.59. The van der Waals surface area contributed by atoms with Crippen molar-refractivity contribution in [3.05, 3.63) is 47.7 Å². The van der Waals surface area contributed by atoms with Crippen LogP contribution in [0.5, 0.6) is 11.5 Å². The van der Waals surface area contributed by atoms with E-state index in [1.165, 1.54) is 0 Å². The largest absolute Gasteiger partial charge is 0.454 e. The summed E-state index contributed by atoms with van der Waals surface area (Å²) in [4.78, 5) is 4.01. The monoisotopic (exact) mass is 258 g/mol. The maximum absolute atomic E-state index is 5.75. The molecule has 0 amide bonds. The van der Waals surface area contributed by atoms with Crippen molar-refractivity contribution >= 4 is 5.82 Å². The number of benzene rings is 1. The molecular formula is C14H14N2O3. The van der Waals surface area contributed by atoms with Crippen LogP contribution >= 0.6 is 0 Å². The average Bonchev–Trinajstić information content (AvgIpc) is 2.88. The molecule has 1 aliphatic heterocycles. The van der Waals surface area contributed by atoms with Gasteiger partial charge in [-0.1, -0.05) is 12.1 Å². The number of ether oxygens (including phenoxy) is 3. The Morgan fingerprint density at radius 3 is 2.95 bits per heavy atom. The van der Waals surface area contributed by atoms with Gasteiger partial charge in [0.25, 0.3) is 0 Å². The second-order valence-electron chi connectivity index (χ2n) is 4.23. The number of nitrogen functional groups attached to an aromatic ring is 1. The summed E-state index contributed by atoms with van der Waals surface area (Å²) in [6.07, 6.45) is 1.66. The van der Waals surface area contributed by atoms with Gasteiger partial charge in [-0.3, -0.25) is 0 Å². The van der Waals surface area contributed by atoms with E-state index in [1.54, 1.807) is 6.20 Å².